The molecule has 0 heterocycles. The molecule has 0 amide bonds. The summed E-state index contributed by atoms with van der Waals surface area (Å²) in [5.41, 5.74) is 1.47. The van der Waals surface area contributed by atoms with Crippen LogP contribution in [-0.2, 0) is 4.79 Å². The van der Waals surface area contributed by atoms with E-state index in [9.17, 15) is 9.90 Å². The van der Waals surface area contributed by atoms with Gasteiger partial charge < -0.3 is 5.11 Å². The van der Waals surface area contributed by atoms with E-state index in [4.69, 9.17) is 0 Å². The minimum absolute atomic E-state index is 0.0710. The second-order valence-electron chi connectivity index (χ2n) is 5.06. The van der Waals surface area contributed by atoms with Gasteiger partial charge in [0.25, 0.3) is 0 Å². The average Bonchev–Trinajstić information content (AvgIpc) is 2.27. The van der Waals surface area contributed by atoms with Crippen LogP contribution in [-0.4, -0.2) is 28.6 Å². The first-order valence-electron chi connectivity index (χ1n) is 5.79. The quantitative estimate of drug-likeness (QED) is 0.872. The highest BCUT2D eigenvalue weighted by molar-refractivity contribution is 5.77. The summed E-state index contributed by atoms with van der Waals surface area (Å²) in [5.74, 6) is -0.807. The molecule has 1 rings (SSSR count). The van der Waals surface area contributed by atoms with Gasteiger partial charge in [0, 0.05) is 6.04 Å². The van der Waals surface area contributed by atoms with Gasteiger partial charge in [0.15, 0.2) is 0 Å². The van der Waals surface area contributed by atoms with Crippen LogP contribution in [0.15, 0.2) is 24.3 Å². The van der Waals surface area contributed by atoms with Crippen LogP contribution in [0.5, 0.6) is 0 Å². The average molecular weight is 235 g/mol. The first kappa shape index (κ1) is 13.7. The number of hydrogen-bond donors (Lipinski definition) is 1. The lowest BCUT2D eigenvalue weighted by Crippen LogP contribution is -2.48. The van der Waals surface area contributed by atoms with Crippen molar-refractivity contribution >= 4 is 5.97 Å². The summed E-state index contributed by atoms with van der Waals surface area (Å²) in [7, 11) is 1.85. The van der Waals surface area contributed by atoms with Gasteiger partial charge in [-0.3, -0.25) is 9.69 Å². The Morgan fingerprint density at radius 3 is 2.18 bits per heavy atom. The SMILES string of the molecule is Cc1ccc(C(C)N(C)C(C)(C)C(=O)O)cc1. The Kier molecular flexibility index (Phi) is 3.94. The third-order valence-electron chi connectivity index (χ3n) is 3.55. The van der Waals surface area contributed by atoms with Crippen LogP contribution in [0.4, 0.5) is 0 Å². The van der Waals surface area contributed by atoms with Crippen molar-refractivity contribution in [3.05, 3.63) is 35.4 Å². The molecule has 17 heavy (non-hydrogen) atoms. The van der Waals surface area contributed by atoms with Crippen LogP contribution in [0.25, 0.3) is 0 Å². The van der Waals surface area contributed by atoms with Crippen LogP contribution in [0.3, 0.4) is 0 Å². The van der Waals surface area contributed by atoms with Crippen molar-refractivity contribution in [1.82, 2.24) is 4.90 Å². The lowest BCUT2D eigenvalue weighted by molar-refractivity contribution is -0.149. The molecule has 0 bridgehead atoms. The van der Waals surface area contributed by atoms with Crippen molar-refractivity contribution in [2.24, 2.45) is 0 Å². The number of likely N-dealkylation sites (N-methyl/N-ethyl adjacent to an activating group) is 1. The van der Waals surface area contributed by atoms with Crippen molar-refractivity contribution in [1.29, 1.82) is 0 Å². The fraction of sp³-hybridized carbons (Fsp3) is 0.500. The predicted molar refractivity (Wildman–Crippen MR) is 69.1 cm³/mol. The number of rotatable bonds is 4. The van der Waals surface area contributed by atoms with Gasteiger partial charge in [-0.1, -0.05) is 29.8 Å². The van der Waals surface area contributed by atoms with Gasteiger partial charge in [0.1, 0.15) is 5.54 Å². The van der Waals surface area contributed by atoms with Crippen molar-refractivity contribution in [2.45, 2.75) is 39.3 Å². The van der Waals surface area contributed by atoms with Gasteiger partial charge in [0.05, 0.1) is 0 Å². The summed E-state index contributed by atoms with van der Waals surface area (Å²) in [6.07, 6.45) is 0. The summed E-state index contributed by atoms with van der Waals surface area (Å²) in [4.78, 5) is 13.1. The predicted octanol–water partition coefficient (Wildman–Crippen LogP) is 2.85. The second kappa shape index (κ2) is 4.88. The van der Waals surface area contributed by atoms with E-state index in [2.05, 4.69) is 12.1 Å². The zero-order chi connectivity index (χ0) is 13.2. The Hall–Kier alpha value is -1.35. The Bertz CT molecular complexity index is 395. The largest absolute Gasteiger partial charge is 0.480 e. The molecule has 0 aliphatic rings. The molecule has 0 aliphatic heterocycles. The Morgan fingerprint density at radius 2 is 1.76 bits per heavy atom. The Labute approximate surface area is 103 Å². The monoisotopic (exact) mass is 235 g/mol. The minimum Gasteiger partial charge on any atom is -0.480 e. The molecule has 0 saturated carbocycles. The summed E-state index contributed by atoms with van der Waals surface area (Å²) >= 11 is 0. The van der Waals surface area contributed by atoms with Crippen LogP contribution >= 0.6 is 0 Å². The van der Waals surface area contributed by atoms with Gasteiger partial charge in [-0.05, 0) is 40.3 Å². The first-order valence-corrected chi connectivity index (χ1v) is 5.79. The third kappa shape index (κ3) is 2.86. The van der Waals surface area contributed by atoms with E-state index in [0.29, 0.717) is 0 Å². The highest BCUT2D eigenvalue weighted by Gasteiger charge is 2.35. The van der Waals surface area contributed by atoms with E-state index in [0.717, 1.165) is 5.56 Å². The third-order valence-corrected chi connectivity index (χ3v) is 3.55. The van der Waals surface area contributed by atoms with Crippen molar-refractivity contribution < 1.29 is 9.90 Å². The van der Waals surface area contributed by atoms with E-state index in [-0.39, 0.29) is 6.04 Å². The van der Waals surface area contributed by atoms with Crippen LogP contribution < -0.4 is 0 Å². The maximum Gasteiger partial charge on any atom is 0.323 e. The van der Waals surface area contributed by atoms with Crippen molar-refractivity contribution in [2.75, 3.05) is 7.05 Å². The maximum absolute atomic E-state index is 11.2. The fourth-order valence-corrected chi connectivity index (χ4v) is 1.70. The molecule has 0 radical (unpaired) electrons. The van der Waals surface area contributed by atoms with Crippen molar-refractivity contribution in [3.63, 3.8) is 0 Å². The second-order valence-corrected chi connectivity index (χ2v) is 5.06. The molecule has 3 nitrogen and oxygen atoms in total. The maximum atomic E-state index is 11.2. The number of aliphatic carboxylic acids is 1. The Morgan fingerprint density at radius 1 is 1.29 bits per heavy atom. The molecular formula is C14H21NO2. The molecule has 1 N–H and O–H groups in total. The number of aryl methyl sites for hydroxylation is 1. The summed E-state index contributed by atoms with van der Waals surface area (Å²) < 4.78 is 0. The van der Waals surface area contributed by atoms with Gasteiger partial charge >= 0.3 is 5.97 Å². The molecule has 94 valence electrons. The zero-order valence-electron chi connectivity index (χ0n) is 11.2. The highest BCUT2D eigenvalue weighted by Crippen LogP contribution is 2.26. The number of nitrogens with zero attached hydrogens (tertiary/aromatic N) is 1. The molecule has 1 unspecified atom stereocenters. The summed E-state index contributed by atoms with van der Waals surface area (Å²) in [6.45, 7) is 7.51. The number of carbonyl (C=O) groups is 1. The summed E-state index contributed by atoms with van der Waals surface area (Å²) in [6, 6.07) is 8.27. The van der Waals surface area contributed by atoms with E-state index in [1.54, 1.807) is 13.8 Å². The molecule has 3 heteroatoms. The van der Waals surface area contributed by atoms with Crippen LogP contribution in [0.1, 0.15) is 37.9 Å². The standard InChI is InChI=1S/C14H21NO2/c1-10-6-8-12(9-7-10)11(2)15(5)14(3,4)13(16)17/h6-9,11H,1-5H3,(H,16,17). The molecule has 1 atom stereocenters. The zero-order valence-corrected chi connectivity index (χ0v) is 11.2. The topological polar surface area (TPSA) is 40.5 Å². The number of carboxylic acid groups (broad SMARTS) is 1. The first-order chi connectivity index (χ1) is 7.76. The molecule has 1 aromatic carbocycles. The number of hydrogen-bond acceptors (Lipinski definition) is 2. The van der Waals surface area contributed by atoms with Crippen LogP contribution in [0, 0.1) is 6.92 Å². The minimum atomic E-state index is -0.871. The van der Waals surface area contributed by atoms with Crippen LogP contribution in [0.2, 0.25) is 0 Å². The van der Waals surface area contributed by atoms with Gasteiger partial charge in [-0.25, -0.2) is 0 Å². The highest BCUT2D eigenvalue weighted by atomic mass is 16.4. The van der Waals surface area contributed by atoms with E-state index >= 15 is 0 Å². The van der Waals surface area contributed by atoms with Gasteiger partial charge in [0.2, 0.25) is 0 Å². The molecule has 0 aliphatic carbocycles. The normalized spacial score (nSPS) is 13.8. The fourth-order valence-electron chi connectivity index (χ4n) is 1.70. The molecular weight excluding hydrogens is 214 g/mol. The van der Waals surface area contributed by atoms with E-state index in [1.807, 2.05) is 37.9 Å². The van der Waals surface area contributed by atoms with Gasteiger partial charge in [-0.15, -0.1) is 0 Å². The molecule has 1 aromatic rings. The molecule has 0 fully saturated rings. The molecule has 0 spiro atoms. The number of carboxylic acids is 1. The molecule has 0 saturated heterocycles. The lowest BCUT2D eigenvalue weighted by Gasteiger charge is -2.36. The van der Waals surface area contributed by atoms with Gasteiger partial charge in [-0.2, -0.15) is 0 Å². The van der Waals surface area contributed by atoms with Crippen molar-refractivity contribution in [3.8, 4) is 0 Å². The van der Waals surface area contributed by atoms with E-state index in [1.165, 1.54) is 5.56 Å². The van der Waals surface area contributed by atoms with E-state index < -0.39 is 11.5 Å². The molecule has 0 aromatic heterocycles. The Balaban J connectivity index is 2.93. The summed E-state index contributed by atoms with van der Waals surface area (Å²) in [5, 5.41) is 9.21. The smallest absolute Gasteiger partial charge is 0.323 e. The lowest BCUT2D eigenvalue weighted by atomic mass is 9.98. The number of benzene rings is 1.